The smallest absolute Gasteiger partial charge is 0.258 e. The lowest BCUT2D eigenvalue weighted by atomic mass is 10.1. The number of imidazole rings is 1. The van der Waals surface area contributed by atoms with Crippen molar-refractivity contribution in [1.29, 1.82) is 0 Å². The lowest BCUT2D eigenvalue weighted by molar-refractivity contribution is -0.130. The molecule has 0 aliphatic carbocycles. The van der Waals surface area contributed by atoms with Gasteiger partial charge in [-0.15, -0.1) is 0 Å². The average molecular weight is 459 g/mol. The maximum Gasteiger partial charge on any atom is 0.258 e. The first-order valence-corrected chi connectivity index (χ1v) is 11.4. The molecule has 2 aromatic heterocycles. The van der Waals surface area contributed by atoms with Gasteiger partial charge >= 0.3 is 0 Å². The molecule has 9 heteroatoms. The molecule has 0 saturated carbocycles. The quantitative estimate of drug-likeness (QED) is 0.468. The van der Waals surface area contributed by atoms with Gasteiger partial charge in [-0.3, -0.25) is 9.59 Å². The number of rotatable bonds is 6. The Morgan fingerprint density at radius 2 is 1.97 bits per heavy atom. The number of fused-ring (bicyclic) bond motifs is 1. The number of carbonyl (C=O) groups is 2. The summed E-state index contributed by atoms with van der Waals surface area (Å²) in [4.78, 5) is 34.9. The molecule has 1 aliphatic heterocycles. The summed E-state index contributed by atoms with van der Waals surface area (Å²) in [5.41, 5.74) is 4.88. The number of hydrogen-bond acceptors (Lipinski definition) is 6. The summed E-state index contributed by atoms with van der Waals surface area (Å²) in [6.07, 6.45) is 4.43. The highest BCUT2D eigenvalue weighted by molar-refractivity contribution is 5.90. The number of aryl methyl sites for hydroxylation is 1. The van der Waals surface area contributed by atoms with E-state index in [-0.39, 0.29) is 11.8 Å². The zero-order valence-corrected chi connectivity index (χ0v) is 19.2. The number of likely N-dealkylation sites (tertiary alicyclic amines) is 1. The van der Waals surface area contributed by atoms with Gasteiger partial charge in [0.2, 0.25) is 17.6 Å². The van der Waals surface area contributed by atoms with Crippen molar-refractivity contribution in [2.45, 2.75) is 39.7 Å². The van der Waals surface area contributed by atoms with Crippen LogP contribution in [0.4, 0.5) is 5.69 Å². The molecule has 2 aromatic carbocycles. The Bertz CT molecular complexity index is 1370. The highest BCUT2D eigenvalue weighted by atomic mass is 16.5. The van der Waals surface area contributed by atoms with Crippen LogP contribution in [0.5, 0.6) is 0 Å². The molecule has 5 rings (SSSR count). The molecule has 3 heterocycles. The van der Waals surface area contributed by atoms with E-state index in [1.807, 2.05) is 52.8 Å². The van der Waals surface area contributed by atoms with Crippen molar-refractivity contribution in [3.63, 3.8) is 0 Å². The normalized spacial score (nSPS) is 13.5. The Morgan fingerprint density at radius 1 is 1.15 bits per heavy atom. The summed E-state index contributed by atoms with van der Waals surface area (Å²) in [7, 11) is 0. The van der Waals surface area contributed by atoms with Crippen molar-refractivity contribution < 1.29 is 14.1 Å². The topological polar surface area (TPSA) is 106 Å². The third-order valence-corrected chi connectivity index (χ3v) is 6.21. The van der Waals surface area contributed by atoms with Gasteiger partial charge in [0.1, 0.15) is 0 Å². The van der Waals surface area contributed by atoms with Crippen LogP contribution in [0.15, 0.2) is 47.2 Å². The van der Waals surface area contributed by atoms with Gasteiger partial charge in [0.25, 0.3) is 5.89 Å². The van der Waals surface area contributed by atoms with Crippen LogP contribution >= 0.6 is 0 Å². The maximum atomic E-state index is 12.4. The highest BCUT2D eigenvalue weighted by Gasteiger charge is 2.18. The number of nitrogens with one attached hydrogen (secondary N) is 1. The first-order chi connectivity index (χ1) is 16.5. The fraction of sp³-hybridized carbons (Fsp3) is 0.320. The predicted octanol–water partition coefficient (Wildman–Crippen LogP) is 4.03. The van der Waals surface area contributed by atoms with Gasteiger partial charge in [-0.25, -0.2) is 4.98 Å². The van der Waals surface area contributed by atoms with Crippen LogP contribution in [0.1, 0.15) is 31.7 Å². The zero-order chi connectivity index (χ0) is 23.7. The van der Waals surface area contributed by atoms with Crippen molar-refractivity contribution in [1.82, 2.24) is 24.6 Å². The first kappa shape index (κ1) is 21.8. The Labute approximate surface area is 196 Å². The monoisotopic (exact) mass is 458 g/mol. The van der Waals surface area contributed by atoms with Gasteiger partial charge in [-0.05, 0) is 55.7 Å². The van der Waals surface area contributed by atoms with Crippen molar-refractivity contribution in [3.8, 4) is 22.8 Å². The summed E-state index contributed by atoms with van der Waals surface area (Å²) in [5.74, 6) is 0.901. The second kappa shape index (κ2) is 9.09. The van der Waals surface area contributed by atoms with Crippen LogP contribution in [-0.2, 0) is 16.1 Å². The molecule has 1 N–H and O–H groups in total. The lowest BCUT2D eigenvalue weighted by Gasteiger charge is -2.15. The van der Waals surface area contributed by atoms with E-state index >= 15 is 0 Å². The Kier molecular flexibility index (Phi) is 5.83. The van der Waals surface area contributed by atoms with E-state index in [4.69, 9.17) is 4.52 Å². The SMILES string of the molecule is CC(=O)Nc1cccc(-c2nc(-c3ccc4c(c3)ncn4CCC(=O)N3CCCC3)no2)c1C. The van der Waals surface area contributed by atoms with Gasteiger partial charge in [-0.2, -0.15) is 4.98 Å². The van der Waals surface area contributed by atoms with Crippen molar-refractivity contribution in [3.05, 3.63) is 48.3 Å². The average Bonchev–Trinajstić information content (AvgIpc) is 3.59. The van der Waals surface area contributed by atoms with E-state index in [9.17, 15) is 9.59 Å². The minimum absolute atomic E-state index is 0.139. The van der Waals surface area contributed by atoms with Crippen LogP contribution in [0, 0.1) is 6.92 Å². The van der Waals surface area contributed by atoms with Crippen LogP contribution in [0.3, 0.4) is 0 Å². The Morgan fingerprint density at radius 3 is 2.76 bits per heavy atom. The molecule has 0 unspecified atom stereocenters. The number of benzene rings is 2. The maximum absolute atomic E-state index is 12.4. The molecular formula is C25H26N6O3. The van der Waals surface area contributed by atoms with E-state index in [1.165, 1.54) is 6.92 Å². The van der Waals surface area contributed by atoms with Crippen LogP contribution in [0.25, 0.3) is 33.9 Å². The summed E-state index contributed by atoms with van der Waals surface area (Å²) in [6, 6.07) is 11.4. The number of amides is 2. The molecule has 0 spiro atoms. The van der Waals surface area contributed by atoms with Crippen LogP contribution in [-0.4, -0.2) is 49.5 Å². The van der Waals surface area contributed by atoms with E-state index in [0.29, 0.717) is 30.4 Å². The number of hydrogen-bond donors (Lipinski definition) is 1. The standard InChI is InChI=1S/C25H26N6O3/c1-16-19(6-5-7-20(16)27-17(2)32)25-28-24(29-34-25)18-8-9-22-21(14-18)26-15-31(22)13-10-23(33)30-11-3-4-12-30/h5-9,14-15H,3-4,10-13H2,1-2H3,(H,27,32). The minimum Gasteiger partial charge on any atom is -0.343 e. The van der Waals surface area contributed by atoms with E-state index < -0.39 is 0 Å². The number of aromatic nitrogens is 4. The van der Waals surface area contributed by atoms with Gasteiger partial charge in [0, 0.05) is 49.8 Å². The van der Waals surface area contributed by atoms with Crippen molar-refractivity contribution in [2.24, 2.45) is 0 Å². The van der Waals surface area contributed by atoms with Crippen molar-refractivity contribution >= 4 is 28.5 Å². The fourth-order valence-electron chi connectivity index (χ4n) is 4.36. The molecule has 0 atom stereocenters. The summed E-state index contributed by atoms with van der Waals surface area (Å²) in [6.45, 7) is 5.71. The van der Waals surface area contributed by atoms with Gasteiger partial charge in [0.15, 0.2) is 0 Å². The van der Waals surface area contributed by atoms with E-state index in [2.05, 4.69) is 20.4 Å². The molecule has 34 heavy (non-hydrogen) atoms. The third-order valence-electron chi connectivity index (χ3n) is 6.21. The van der Waals surface area contributed by atoms with E-state index in [1.54, 1.807) is 6.33 Å². The molecular weight excluding hydrogens is 432 g/mol. The second-order valence-corrected chi connectivity index (χ2v) is 8.56. The molecule has 1 fully saturated rings. The molecule has 0 radical (unpaired) electrons. The van der Waals surface area contributed by atoms with Crippen LogP contribution in [0.2, 0.25) is 0 Å². The Balaban J connectivity index is 1.35. The Hall–Kier alpha value is -4.01. The highest BCUT2D eigenvalue weighted by Crippen LogP contribution is 2.30. The second-order valence-electron chi connectivity index (χ2n) is 8.56. The largest absolute Gasteiger partial charge is 0.343 e. The zero-order valence-electron chi connectivity index (χ0n) is 19.2. The summed E-state index contributed by atoms with van der Waals surface area (Å²) < 4.78 is 7.54. The van der Waals surface area contributed by atoms with Crippen LogP contribution < -0.4 is 5.32 Å². The molecule has 4 aromatic rings. The molecule has 9 nitrogen and oxygen atoms in total. The summed E-state index contributed by atoms with van der Waals surface area (Å²) in [5, 5.41) is 6.97. The van der Waals surface area contributed by atoms with Gasteiger partial charge in [0.05, 0.1) is 17.4 Å². The third kappa shape index (κ3) is 4.28. The number of carbonyl (C=O) groups excluding carboxylic acids is 2. The fourth-order valence-corrected chi connectivity index (χ4v) is 4.36. The molecule has 174 valence electrons. The van der Waals surface area contributed by atoms with E-state index in [0.717, 1.165) is 53.7 Å². The van der Waals surface area contributed by atoms with Gasteiger partial charge < -0.3 is 19.3 Å². The first-order valence-electron chi connectivity index (χ1n) is 11.4. The molecule has 0 bridgehead atoms. The predicted molar refractivity (Wildman–Crippen MR) is 128 cm³/mol. The number of anilines is 1. The minimum atomic E-state index is -0.139. The molecule has 2 amide bonds. The van der Waals surface area contributed by atoms with Gasteiger partial charge in [-0.1, -0.05) is 11.2 Å². The summed E-state index contributed by atoms with van der Waals surface area (Å²) >= 11 is 0. The van der Waals surface area contributed by atoms with Crippen molar-refractivity contribution in [2.75, 3.05) is 18.4 Å². The number of nitrogens with zero attached hydrogens (tertiary/aromatic N) is 5. The lowest BCUT2D eigenvalue weighted by Crippen LogP contribution is -2.28. The molecule has 1 aliphatic rings. The molecule has 1 saturated heterocycles.